The first-order chi connectivity index (χ1) is 11.2. The number of carbonyl (C=O) groups excluding carboxylic acids is 1. The normalized spacial score (nSPS) is 18.8. The Morgan fingerprint density at radius 1 is 1.30 bits per heavy atom. The van der Waals surface area contributed by atoms with Crippen LogP contribution in [0.2, 0.25) is 0 Å². The Kier molecular flexibility index (Phi) is 4.82. The minimum atomic E-state index is -0.178. The van der Waals surface area contributed by atoms with Gasteiger partial charge >= 0.3 is 0 Å². The number of rotatable bonds is 5. The lowest BCUT2D eigenvalue weighted by Crippen LogP contribution is -2.34. The van der Waals surface area contributed by atoms with Crippen molar-refractivity contribution in [3.63, 3.8) is 0 Å². The van der Waals surface area contributed by atoms with E-state index in [0.717, 1.165) is 41.5 Å². The summed E-state index contributed by atoms with van der Waals surface area (Å²) in [7, 11) is 1.66. The third-order valence-corrected chi connectivity index (χ3v) is 4.49. The number of ether oxygens (including phenoxy) is 2. The van der Waals surface area contributed by atoms with Crippen LogP contribution in [0, 0.1) is 0 Å². The quantitative estimate of drug-likeness (QED) is 0.922. The topological polar surface area (TPSA) is 47.6 Å². The summed E-state index contributed by atoms with van der Waals surface area (Å²) in [5.41, 5.74) is 1.02. The highest BCUT2D eigenvalue weighted by Crippen LogP contribution is 2.25. The molecule has 1 amide bonds. The van der Waals surface area contributed by atoms with Gasteiger partial charge in [0.1, 0.15) is 5.75 Å². The molecule has 2 aromatic rings. The summed E-state index contributed by atoms with van der Waals surface area (Å²) in [6, 6.07) is 12.1. The maximum atomic E-state index is 12.4. The van der Waals surface area contributed by atoms with Crippen LogP contribution in [-0.2, 0) is 9.53 Å². The Morgan fingerprint density at radius 3 is 2.83 bits per heavy atom. The number of carbonyl (C=O) groups is 1. The Hall–Kier alpha value is -2.07. The molecule has 1 aliphatic heterocycles. The van der Waals surface area contributed by atoms with E-state index >= 15 is 0 Å². The molecule has 4 heteroatoms. The zero-order valence-electron chi connectivity index (χ0n) is 13.7. The zero-order valence-corrected chi connectivity index (χ0v) is 13.7. The SMILES string of the molecule is COc1ccc2cc([C@H](C)C(=O)NC[C@@H]3CCCO3)ccc2c1. The molecule has 0 radical (unpaired) electrons. The molecule has 3 rings (SSSR count). The molecule has 0 spiro atoms. The molecule has 2 atom stereocenters. The van der Waals surface area contributed by atoms with Gasteiger partial charge in [-0.05, 0) is 48.2 Å². The predicted molar refractivity (Wildman–Crippen MR) is 90.9 cm³/mol. The maximum Gasteiger partial charge on any atom is 0.227 e. The molecule has 1 heterocycles. The van der Waals surface area contributed by atoms with E-state index in [1.165, 1.54) is 0 Å². The monoisotopic (exact) mass is 313 g/mol. The van der Waals surface area contributed by atoms with Crippen LogP contribution >= 0.6 is 0 Å². The van der Waals surface area contributed by atoms with Crippen molar-refractivity contribution >= 4 is 16.7 Å². The van der Waals surface area contributed by atoms with Gasteiger partial charge in [-0.1, -0.05) is 24.3 Å². The van der Waals surface area contributed by atoms with Gasteiger partial charge in [0.2, 0.25) is 5.91 Å². The molecule has 122 valence electrons. The summed E-state index contributed by atoms with van der Waals surface area (Å²) < 4.78 is 10.8. The van der Waals surface area contributed by atoms with Crippen molar-refractivity contribution in [2.24, 2.45) is 0 Å². The fourth-order valence-corrected chi connectivity index (χ4v) is 2.96. The molecule has 1 saturated heterocycles. The van der Waals surface area contributed by atoms with Crippen LogP contribution in [0.3, 0.4) is 0 Å². The average molecular weight is 313 g/mol. The largest absolute Gasteiger partial charge is 0.497 e. The lowest BCUT2D eigenvalue weighted by molar-refractivity contribution is -0.122. The van der Waals surface area contributed by atoms with Gasteiger partial charge in [0.05, 0.1) is 19.1 Å². The molecule has 0 unspecified atom stereocenters. The molecule has 0 aromatic heterocycles. The molecule has 0 aliphatic carbocycles. The highest BCUT2D eigenvalue weighted by Gasteiger charge is 2.19. The number of benzene rings is 2. The molecular formula is C19H23NO3. The van der Waals surface area contributed by atoms with Crippen LogP contribution in [0.25, 0.3) is 10.8 Å². The third-order valence-electron chi connectivity index (χ3n) is 4.49. The van der Waals surface area contributed by atoms with E-state index in [2.05, 4.69) is 11.4 Å². The van der Waals surface area contributed by atoms with Gasteiger partial charge in [0.15, 0.2) is 0 Å². The molecule has 1 fully saturated rings. The first-order valence-electron chi connectivity index (χ1n) is 8.14. The molecule has 23 heavy (non-hydrogen) atoms. The molecule has 2 aromatic carbocycles. The van der Waals surface area contributed by atoms with Crippen molar-refractivity contribution in [1.29, 1.82) is 0 Å². The van der Waals surface area contributed by atoms with Crippen molar-refractivity contribution < 1.29 is 14.3 Å². The van der Waals surface area contributed by atoms with Gasteiger partial charge in [0.25, 0.3) is 0 Å². The number of fused-ring (bicyclic) bond motifs is 1. The second kappa shape index (κ2) is 7.01. The second-order valence-corrected chi connectivity index (χ2v) is 6.07. The Labute approximate surface area is 136 Å². The maximum absolute atomic E-state index is 12.4. The number of hydrogen-bond acceptors (Lipinski definition) is 3. The van der Waals surface area contributed by atoms with Gasteiger partial charge in [-0.15, -0.1) is 0 Å². The van der Waals surface area contributed by atoms with Crippen molar-refractivity contribution in [3.8, 4) is 5.75 Å². The van der Waals surface area contributed by atoms with Crippen LogP contribution in [0.15, 0.2) is 36.4 Å². The summed E-state index contributed by atoms with van der Waals surface area (Å²) in [6.45, 7) is 3.35. The summed E-state index contributed by atoms with van der Waals surface area (Å²) in [5.74, 6) is 0.712. The Bertz CT molecular complexity index is 692. The summed E-state index contributed by atoms with van der Waals surface area (Å²) in [5, 5.41) is 5.23. The van der Waals surface area contributed by atoms with E-state index in [1.807, 2.05) is 37.3 Å². The van der Waals surface area contributed by atoms with Crippen LogP contribution in [0.5, 0.6) is 5.75 Å². The van der Waals surface area contributed by atoms with Crippen LogP contribution in [-0.4, -0.2) is 32.3 Å². The average Bonchev–Trinajstić information content (AvgIpc) is 3.11. The van der Waals surface area contributed by atoms with Gasteiger partial charge < -0.3 is 14.8 Å². The third kappa shape index (κ3) is 3.64. The van der Waals surface area contributed by atoms with Gasteiger partial charge in [0, 0.05) is 13.2 Å². The number of amides is 1. The fraction of sp³-hybridized carbons (Fsp3) is 0.421. The van der Waals surface area contributed by atoms with Crippen LogP contribution in [0.1, 0.15) is 31.2 Å². The van der Waals surface area contributed by atoms with E-state index in [0.29, 0.717) is 6.54 Å². The van der Waals surface area contributed by atoms with Gasteiger partial charge in [-0.3, -0.25) is 4.79 Å². The predicted octanol–water partition coefficient (Wildman–Crippen LogP) is 3.25. The van der Waals surface area contributed by atoms with Gasteiger partial charge in [-0.2, -0.15) is 0 Å². The Morgan fingerprint density at radius 2 is 2.09 bits per heavy atom. The second-order valence-electron chi connectivity index (χ2n) is 6.07. The number of methoxy groups -OCH3 is 1. The van der Waals surface area contributed by atoms with E-state index in [9.17, 15) is 4.79 Å². The lowest BCUT2D eigenvalue weighted by Gasteiger charge is -2.16. The molecule has 1 aliphatic rings. The zero-order chi connectivity index (χ0) is 16.2. The molecule has 0 bridgehead atoms. The minimum Gasteiger partial charge on any atom is -0.497 e. The van der Waals surface area contributed by atoms with E-state index in [1.54, 1.807) is 7.11 Å². The first-order valence-corrected chi connectivity index (χ1v) is 8.14. The van der Waals surface area contributed by atoms with E-state index < -0.39 is 0 Å². The van der Waals surface area contributed by atoms with E-state index in [-0.39, 0.29) is 17.9 Å². The molecule has 0 saturated carbocycles. The highest BCUT2D eigenvalue weighted by atomic mass is 16.5. The smallest absolute Gasteiger partial charge is 0.227 e. The Balaban J connectivity index is 1.69. The van der Waals surface area contributed by atoms with Crippen molar-refractivity contribution in [2.45, 2.75) is 31.8 Å². The van der Waals surface area contributed by atoms with Crippen LogP contribution in [0.4, 0.5) is 0 Å². The molecule has 1 N–H and O–H groups in total. The standard InChI is InChI=1S/C19H23NO3/c1-13(19(21)20-12-18-4-3-9-23-18)14-5-6-16-11-17(22-2)8-7-15(16)10-14/h5-8,10-11,13,18H,3-4,9,12H2,1-2H3,(H,20,21)/t13-,18-/m0/s1. The fourth-order valence-electron chi connectivity index (χ4n) is 2.96. The van der Waals surface area contributed by atoms with Crippen LogP contribution < -0.4 is 10.1 Å². The number of hydrogen-bond donors (Lipinski definition) is 1. The lowest BCUT2D eigenvalue weighted by atomic mass is 9.97. The summed E-state index contributed by atoms with van der Waals surface area (Å²) >= 11 is 0. The highest BCUT2D eigenvalue weighted by molar-refractivity contribution is 5.88. The van der Waals surface area contributed by atoms with Crippen molar-refractivity contribution in [2.75, 3.05) is 20.3 Å². The first kappa shape index (κ1) is 15.8. The van der Waals surface area contributed by atoms with Crippen molar-refractivity contribution in [3.05, 3.63) is 42.0 Å². The van der Waals surface area contributed by atoms with Crippen molar-refractivity contribution in [1.82, 2.24) is 5.32 Å². The summed E-state index contributed by atoms with van der Waals surface area (Å²) in [4.78, 5) is 12.4. The summed E-state index contributed by atoms with van der Waals surface area (Å²) in [6.07, 6.45) is 2.30. The minimum absolute atomic E-state index is 0.0494. The van der Waals surface area contributed by atoms with E-state index in [4.69, 9.17) is 9.47 Å². The molecular weight excluding hydrogens is 290 g/mol. The molecule has 4 nitrogen and oxygen atoms in total. The van der Waals surface area contributed by atoms with Gasteiger partial charge in [-0.25, -0.2) is 0 Å². The number of nitrogens with one attached hydrogen (secondary N) is 1.